The number of aliphatic hydroxyl groups is 1. The third-order valence-electron chi connectivity index (χ3n) is 9.36. The third-order valence-corrected chi connectivity index (χ3v) is 10.5. The van der Waals surface area contributed by atoms with Crippen molar-refractivity contribution >= 4 is 29.5 Å². The van der Waals surface area contributed by atoms with Crippen LogP contribution >= 0.6 is 11.8 Å². The standard InChI is InChI=1S/C41H35NO7S/c1-25-35(24-50-36-13-7-6-12-34(36)40(46)47)48-41(49-37(25)28-16-14-26(23-43)15-17-28)29-20-18-27(19-21-29)31-9-3-2-8-30(31)22-42-38(44)32-10-4-5-11-33(32)39(42)45/h2-21,25,35,37,41,43H,22-24H2,1H3,(H,46,47)/t25-,35+,37+,41+/m1/s1. The summed E-state index contributed by atoms with van der Waals surface area (Å²) in [4.78, 5) is 40.0. The molecule has 1 saturated heterocycles. The zero-order chi connectivity index (χ0) is 34.8. The molecular formula is C41H35NO7S. The van der Waals surface area contributed by atoms with Crippen molar-refractivity contribution in [2.75, 3.05) is 5.75 Å². The maximum Gasteiger partial charge on any atom is 0.336 e. The van der Waals surface area contributed by atoms with Gasteiger partial charge < -0.3 is 19.7 Å². The fourth-order valence-corrected chi connectivity index (χ4v) is 7.78. The van der Waals surface area contributed by atoms with Crippen LogP contribution in [0.25, 0.3) is 11.1 Å². The van der Waals surface area contributed by atoms with E-state index in [1.54, 1.807) is 36.4 Å². The van der Waals surface area contributed by atoms with Crippen molar-refractivity contribution in [1.29, 1.82) is 0 Å². The average molecular weight is 686 g/mol. The van der Waals surface area contributed by atoms with Crippen LogP contribution in [0, 0.1) is 5.92 Å². The molecule has 0 spiro atoms. The van der Waals surface area contributed by atoms with E-state index >= 15 is 0 Å². The van der Waals surface area contributed by atoms with Crippen molar-refractivity contribution < 1.29 is 34.1 Å². The monoisotopic (exact) mass is 685 g/mol. The Kier molecular flexibility index (Phi) is 9.65. The van der Waals surface area contributed by atoms with Crippen LogP contribution in [0.2, 0.25) is 0 Å². The smallest absolute Gasteiger partial charge is 0.336 e. The highest BCUT2D eigenvalue weighted by Crippen LogP contribution is 2.43. The zero-order valence-electron chi connectivity index (χ0n) is 27.3. The molecule has 2 aliphatic rings. The molecule has 2 amide bonds. The number of aromatic carboxylic acids is 1. The van der Waals surface area contributed by atoms with Crippen molar-refractivity contribution in [3.63, 3.8) is 0 Å². The molecule has 5 aromatic carbocycles. The summed E-state index contributed by atoms with van der Waals surface area (Å²) >= 11 is 1.45. The molecule has 0 bridgehead atoms. The third kappa shape index (κ3) is 6.60. The van der Waals surface area contributed by atoms with Crippen LogP contribution in [0.3, 0.4) is 0 Å². The largest absolute Gasteiger partial charge is 0.478 e. The molecule has 1 fully saturated rings. The van der Waals surface area contributed by atoms with Crippen molar-refractivity contribution in [1.82, 2.24) is 4.90 Å². The van der Waals surface area contributed by atoms with Crippen molar-refractivity contribution in [3.05, 3.63) is 160 Å². The first kappa shape index (κ1) is 33.4. The number of thioether (sulfide) groups is 1. The van der Waals surface area contributed by atoms with E-state index in [9.17, 15) is 24.6 Å². The predicted molar refractivity (Wildman–Crippen MR) is 190 cm³/mol. The van der Waals surface area contributed by atoms with Gasteiger partial charge in [-0.15, -0.1) is 11.8 Å². The minimum atomic E-state index is -0.973. The molecule has 8 nitrogen and oxygen atoms in total. The molecule has 2 aliphatic heterocycles. The summed E-state index contributed by atoms with van der Waals surface area (Å²) in [6, 6.07) is 37.2. The second-order valence-electron chi connectivity index (χ2n) is 12.5. The number of carboxylic acids is 1. The molecule has 2 heterocycles. The van der Waals surface area contributed by atoms with Gasteiger partial charge in [0, 0.05) is 22.1 Å². The molecule has 0 saturated carbocycles. The van der Waals surface area contributed by atoms with Crippen molar-refractivity contribution in [2.45, 2.75) is 43.5 Å². The quantitative estimate of drug-likeness (QED) is 0.113. The van der Waals surface area contributed by atoms with Crippen molar-refractivity contribution in [2.24, 2.45) is 5.92 Å². The van der Waals surface area contributed by atoms with Crippen LogP contribution in [0.1, 0.15) is 72.6 Å². The van der Waals surface area contributed by atoms with E-state index in [2.05, 4.69) is 6.92 Å². The number of carbonyl (C=O) groups excluding carboxylic acids is 2. The average Bonchev–Trinajstić information content (AvgIpc) is 3.39. The van der Waals surface area contributed by atoms with Crippen LogP contribution in [0.15, 0.2) is 126 Å². The summed E-state index contributed by atoms with van der Waals surface area (Å²) in [6.45, 7) is 2.17. The summed E-state index contributed by atoms with van der Waals surface area (Å²) in [5.74, 6) is -1.12. The molecule has 9 heteroatoms. The number of carboxylic acid groups (broad SMARTS) is 1. The van der Waals surface area contributed by atoms with Gasteiger partial charge in [-0.1, -0.05) is 104 Å². The van der Waals surface area contributed by atoms with Crippen LogP contribution in [-0.4, -0.2) is 44.8 Å². The van der Waals surface area contributed by atoms with Gasteiger partial charge in [-0.2, -0.15) is 0 Å². The number of carbonyl (C=O) groups is 3. The Hall–Kier alpha value is -5.06. The van der Waals surface area contributed by atoms with Gasteiger partial charge in [-0.25, -0.2) is 4.79 Å². The van der Waals surface area contributed by atoms with Gasteiger partial charge in [0.15, 0.2) is 6.29 Å². The summed E-state index contributed by atoms with van der Waals surface area (Å²) < 4.78 is 13.2. The normalized spacial score (nSPS) is 20.2. The van der Waals surface area contributed by atoms with Crippen LogP contribution in [0.4, 0.5) is 0 Å². The van der Waals surface area contributed by atoms with Gasteiger partial charge in [0.25, 0.3) is 11.8 Å². The Labute approximate surface area is 294 Å². The van der Waals surface area contributed by atoms with Crippen molar-refractivity contribution in [3.8, 4) is 11.1 Å². The molecule has 0 radical (unpaired) electrons. The Morgan fingerprint density at radius 2 is 1.34 bits per heavy atom. The Balaban J connectivity index is 1.14. The molecule has 0 aromatic heterocycles. The van der Waals surface area contributed by atoms with Gasteiger partial charge in [0.2, 0.25) is 0 Å². The Morgan fingerprint density at radius 1 is 0.740 bits per heavy atom. The number of amides is 2. The highest BCUT2D eigenvalue weighted by atomic mass is 32.2. The van der Waals surface area contributed by atoms with Gasteiger partial charge in [0.1, 0.15) is 0 Å². The number of hydrogen-bond donors (Lipinski definition) is 2. The van der Waals surface area contributed by atoms with Gasteiger partial charge in [-0.05, 0) is 52.1 Å². The number of hydrogen-bond acceptors (Lipinski definition) is 7. The number of aliphatic hydroxyl groups excluding tert-OH is 1. The first-order valence-electron chi connectivity index (χ1n) is 16.4. The number of nitrogens with zero attached hydrogens (tertiary/aromatic N) is 1. The minimum absolute atomic E-state index is 0.0525. The fraction of sp³-hybridized carbons (Fsp3) is 0.195. The Bertz CT molecular complexity index is 2010. The molecule has 5 aromatic rings. The molecule has 50 heavy (non-hydrogen) atoms. The SMILES string of the molecule is C[C@@H]1[C@H](CSc2ccccc2C(=O)O)O[C@H](c2ccc(-c3ccccc3CN3C(=O)c4ccccc4C3=O)cc2)O[C@@H]1c1ccc(CO)cc1. The second-order valence-corrected chi connectivity index (χ2v) is 13.5. The lowest BCUT2D eigenvalue weighted by molar-refractivity contribution is -0.268. The number of imide groups is 1. The van der Waals surface area contributed by atoms with Gasteiger partial charge in [-0.3, -0.25) is 14.5 Å². The highest BCUT2D eigenvalue weighted by molar-refractivity contribution is 7.99. The van der Waals surface area contributed by atoms with Gasteiger partial charge >= 0.3 is 5.97 Å². The number of rotatable bonds is 10. The lowest BCUT2D eigenvalue weighted by Crippen LogP contribution is -2.38. The van der Waals surface area contributed by atoms with E-state index in [-0.39, 0.29) is 48.7 Å². The number of ether oxygens (including phenoxy) is 2. The first-order valence-corrected chi connectivity index (χ1v) is 17.4. The zero-order valence-corrected chi connectivity index (χ0v) is 28.1. The molecule has 0 aliphatic carbocycles. The van der Waals surface area contributed by atoms with Crippen LogP contribution < -0.4 is 0 Å². The van der Waals surface area contributed by atoms with E-state index in [0.717, 1.165) is 33.4 Å². The molecule has 4 atom stereocenters. The van der Waals surface area contributed by atoms with E-state index < -0.39 is 12.3 Å². The molecule has 0 unspecified atom stereocenters. The van der Waals surface area contributed by atoms with Crippen LogP contribution in [-0.2, 0) is 22.6 Å². The maximum atomic E-state index is 13.1. The topological polar surface area (TPSA) is 113 Å². The molecule has 7 rings (SSSR count). The first-order chi connectivity index (χ1) is 24.3. The summed E-state index contributed by atoms with van der Waals surface area (Å²) in [5, 5.41) is 19.3. The number of benzene rings is 5. The van der Waals surface area contributed by atoms with E-state index in [1.807, 2.05) is 84.9 Å². The Morgan fingerprint density at radius 3 is 2.00 bits per heavy atom. The molecular weight excluding hydrogens is 651 g/mol. The van der Waals surface area contributed by atoms with E-state index in [4.69, 9.17) is 9.47 Å². The lowest BCUT2D eigenvalue weighted by atomic mass is 9.91. The minimum Gasteiger partial charge on any atom is -0.478 e. The maximum absolute atomic E-state index is 13.1. The van der Waals surface area contributed by atoms with E-state index in [0.29, 0.717) is 21.8 Å². The van der Waals surface area contributed by atoms with Crippen LogP contribution in [0.5, 0.6) is 0 Å². The summed E-state index contributed by atoms with van der Waals surface area (Å²) in [6.07, 6.45) is -1.29. The molecule has 2 N–H and O–H groups in total. The highest BCUT2D eigenvalue weighted by Gasteiger charge is 2.39. The van der Waals surface area contributed by atoms with Gasteiger partial charge in [0.05, 0.1) is 42.0 Å². The summed E-state index contributed by atoms with van der Waals surface area (Å²) in [5.41, 5.74) is 6.35. The summed E-state index contributed by atoms with van der Waals surface area (Å²) in [7, 11) is 0. The molecule has 252 valence electrons. The second kappa shape index (κ2) is 14.4. The van der Waals surface area contributed by atoms with E-state index in [1.165, 1.54) is 16.7 Å². The number of fused-ring (bicyclic) bond motifs is 1. The fourth-order valence-electron chi connectivity index (χ4n) is 6.56. The predicted octanol–water partition coefficient (Wildman–Crippen LogP) is 7.92. The lowest BCUT2D eigenvalue weighted by Gasteiger charge is -2.41.